The van der Waals surface area contributed by atoms with Gasteiger partial charge in [0.15, 0.2) is 6.61 Å². The first-order chi connectivity index (χ1) is 14.0. The molecule has 1 aliphatic carbocycles. The van der Waals surface area contributed by atoms with Crippen molar-refractivity contribution in [3.8, 4) is 17.6 Å². The monoisotopic (exact) mass is 392 g/mol. The number of aromatic nitrogens is 1. The molecule has 0 radical (unpaired) electrons. The van der Waals surface area contributed by atoms with Gasteiger partial charge in [0.1, 0.15) is 5.75 Å². The maximum Gasteiger partial charge on any atom is 0.260 e. The summed E-state index contributed by atoms with van der Waals surface area (Å²) >= 11 is 0. The highest BCUT2D eigenvalue weighted by Gasteiger charge is 2.17. The van der Waals surface area contributed by atoms with Crippen LogP contribution in [0.4, 0.5) is 0 Å². The summed E-state index contributed by atoms with van der Waals surface area (Å²) in [6, 6.07) is 11.3. The lowest BCUT2D eigenvalue weighted by molar-refractivity contribution is -0.132. The van der Waals surface area contributed by atoms with Crippen LogP contribution in [-0.2, 0) is 11.3 Å². The summed E-state index contributed by atoms with van der Waals surface area (Å²) in [5.74, 6) is 7.38. The molecule has 0 N–H and O–H groups in total. The summed E-state index contributed by atoms with van der Waals surface area (Å²) in [5, 5.41) is 0. The van der Waals surface area contributed by atoms with Gasteiger partial charge in [-0.15, -0.1) is 0 Å². The highest BCUT2D eigenvalue weighted by Crippen LogP contribution is 2.27. The third kappa shape index (κ3) is 5.74. The molecule has 3 rings (SSSR count). The molecular formula is C24H28N2O3. The average Bonchev–Trinajstić information content (AvgIpc) is 3.54. The Kier molecular flexibility index (Phi) is 6.77. The van der Waals surface area contributed by atoms with E-state index in [2.05, 4.69) is 11.8 Å². The van der Waals surface area contributed by atoms with Crippen LogP contribution in [-0.4, -0.2) is 35.1 Å². The number of likely N-dealkylation sites (N-methyl/N-ethyl adjacent to an activating group) is 1. The Morgan fingerprint density at radius 1 is 1.17 bits per heavy atom. The SMILES string of the molecule is CCN(CC)C(=O)COc1cc(C)n(Cc2ccc(C#CC3CC3)cc2)c(=O)c1. The van der Waals surface area contributed by atoms with Gasteiger partial charge >= 0.3 is 0 Å². The van der Waals surface area contributed by atoms with Crippen LogP contribution >= 0.6 is 0 Å². The van der Waals surface area contributed by atoms with Crippen LogP contribution in [0.2, 0.25) is 0 Å². The standard InChI is InChI=1S/C24H28N2O3/c1-4-25(5-2)24(28)17-29-22-14-18(3)26(23(27)15-22)16-21-12-10-20(11-13-21)9-8-19-6-7-19/h10-15,19H,4-7,16-17H2,1-3H3. The maximum atomic E-state index is 12.6. The summed E-state index contributed by atoms with van der Waals surface area (Å²) in [6.07, 6.45) is 2.44. The molecule has 1 aromatic carbocycles. The van der Waals surface area contributed by atoms with Gasteiger partial charge in [0.25, 0.3) is 11.5 Å². The zero-order valence-electron chi connectivity index (χ0n) is 17.4. The molecule has 1 aromatic heterocycles. The molecule has 0 spiro atoms. The molecule has 5 heteroatoms. The van der Waals surface area contributed by atoms with Crippen LogP contribution in [0.3, 0.4) is 0 Å². The van der Waals surface area contributed by atoms with E-state index in [4.69, 9.17) is 4.74 Å². The Labute approximate surface area is 172 Å². The maximum absolute atomic E-state index is 12.6. The minimum atomic E-state index is -0.145. The summed E-state index contributed by atoms with van der Waals surface area (Å²) < 4.78 is 7.26. The van der Waals surface area contributed by atoms with Gasteiger partial charge in [-0.25, -0.2) is 0 Å². The van der Waals surface area contributed by atoms with E-state index in [9.17, 15) is 9.59 Å². The Hall–Kier alpha value is -3.00. The van der Waals surface area contributed by atoms with E-state index in [1.807, 2.05) is 45.0 Å². The zero-order chi connectivity index (χ0) is 20.8. The van der Waals surface area contributed by atoms with E-state index in [-0.39, 0.29) is 18.1 Å². The summed E-state index contributed by atoms with van der Waals surface area (Å²) in [5.41, 5.74) is 2.69. The molecule has 1 amide bonds. The highest BCUT2D eigenvalue weighted by molar-refractivity contribution is 5.77. The van der Waals surface area contributed by atoms with Crippen LogP contribution in [0.1, 0.15) is 43.5 Å². The lowest BCUT2D eigenvalue weighted by Gasteiger charge is -2.19. The number of aryl methyl sites for hydroxylation is 1. The van der Waals surface area contributed by atoms with Crippen LogP contribution in [0.15, 0.2) is 41.2 Å². The topological polar surface area (TPSA) is 51.5 Å². The van der Waals surface area contributed by atoms with E-state index in [1.54, 1.807) is 15.5 Å². The first kappa shape index (κ1) is 20.7. The van der Waals surface area contributed by atoms with Gasteiger partial charge < -0.3 is 14.2 Å². The summed E-state index contributed by atoms with van der Waals surface area (Å²) in [7, 11) is 0. The van der Waals surface area contributed by atoms with Crippen LogP contribution in [0, 0.1) is 24.7 Å². The van der Waals surface area contributed by atoms with E-state index >= 15 is 0 Å². The molecule has 1 fully saturated rings. The van der Waals surface area contributed by atoms with E-state index < -0.39 is 0 Å². The molecule has 0 bridgehead atoms. The van der Waals surface area contributed by atoms with Crippen molar-refractivity contribution in [3.05, 3.63) is 63.6 Å². The number of pyridine rings is 1. The van der Waals surface area contributed by atoms with Gasteiger partial charge in [0.05, 0.1) is 6.54 Å². The molecule has 0 unspecified atom stereocenters. The Bertz CT molecular complexity index is 972. The van der Waals surface area contributed by atoms with Crippen molar-refractivity contribution >= 4 is 5.91 Å². The number of rotatable bonds is 7. The molecule has 1 heterocycles. The van der Waals surface area contributed by atoms with Crippen molar-refractivity contribution in [2.24, 2.45) is 5.92 Å². The number of carbonyl (C=O) groups excluding carboxylic acids is 1. The van der Waals surface area contributed by atoms with Crippen molar-refractivity contribution in [1.29, 1.82) is 0 Å². The molecule has 29 heavy (non-hydrogen) atoms. The predicted molar refractivity (Wildman–Crippen MR) is 114 cm³/mol. The normalized spacial score (nSPS) is 12.8. The Balaban J connectivity index is 1.65. The van der Waals surface area contributed by atoms with E-state index in [0.29, 0.717) is 31.3 Å². The molecule has 152 valence electrons. The second-order valence-corrected chi connectivity index (χ2v) is 7.35. The van der Waals surface area contributed by atoms with Crippen LogP contribution in [0.25, 0.3) is 0 Å². The van der Waals surface area contributed by atoms with Crippen LogP contribution in [0.5, 0.6) is 5.75 Å². The van der Waals surface area contributed by atoms with Gasteiger partial charge in [0, 0.05) is 36.3 Å². The van der Waals surface area contributed by atoms with Gasteiger partial charge in [-0.3, -0.25) is 9.59 Å². The fourth-order valence-electron chi connectivity index (χ4n) is 3.09. The van der Waals surface area contributed by atoms with Crippen molar-refractivity contribution < 1.29 is 9.53 Å². The summed E-state index contributed by atoms with van der Waals surface area (Å²) in [4.78, 5) is 26.4. The number of hydrogen-bond acceptors (Lipinski definition) is 3. The van der Waals surface area contributed by atoms with Crippen molar-refractivity contribution in [1.82, 2.24) is 9.47 Å². The molecule has 0 atom stereocenters. The lowest BCUT2D eigenvalue weighted by atomic mass is 10.1. The number of ether oxygens (including phenoxy) is 1. The quantitative estimate of drug-likeness (QED) is 0.680. The van der Waals surface area contributed by atoms with Gasteiger partial charge in [0.2, 0.25) is 0 Å². The zero-order valence-corrected chi connectivity index (χ0v) is 17.4. The Morgan fingerprint density at radius 2 is 1.86 bits per heavy atom. The molecule has 0 saturated heterocycles. The van der Waals surface area contributed by atoms with Gasteiger partial charge in [-0.2, -0.15) is 0 Å². The van der Waals surface area contributed by atoms with E-state index in [1.165, 1.54) is 18.9 Å². The number of benzene rings is 1. The van der Waals surface area contributed by atoms with Crippen LogP contribution < -0.4 is 10.3 Å². The predicted octanol–water partition coefficient (Wildman–Crippen LogP) is 3.21. The molecule has 0 aliphatic heterocycles. The second kappa shape index (κ2) is 9.47. The first-order valence-corrected chi connectivity index (χ1v) is 10.2. The fourth-order valence-corrected chi connectivity index (χ4v) is 3.09. The Morgan fingerprint density at radius 3 is 2.45 bits per heavy atom. The number of hydrogen-bond donors (Lipinski definition) is 0. The minimum absolute atomic E-state index is 0.0616. The molecule has 1 saturated carbocycles. The molecule has 2 aromatic rings. The van der Waals surface area contributed by atoms with Gasteiger partial charge in [-0.1, -0.05) is 24.0 Å². The second-order valence-electron chi connectivity index (χ2n) is 7.35. The summed E-state index contributed by atoms with van der Waals surface area (Å²) in [6.45, 7) is 7.44. The fraction of sp³-hybridized carbons (Fsp3) is 0.417. The van der Waals surface area contributed by atoms with Gasteiger partial charge in [-0.05, 0) is 57.4 Å². The molecular weight excluding hydrogens is 364 g/mol. The number of carbonyl (C=O) groups is 1. The average molecular weight is 392 g/mol. The molecule has 5 nitrogen and oxygen atoms in total. The lowest BCUT2D eigenvalue weighted by Crippen LogP contribution is -2.34. The third-order valence-electron chi connectivity index (χ3n) is 5.08. The first-order valence-electron chi connectivity index (χ1n) is 10.2. The molecule has 1 aliphatic rings. The van der Waals surface area contributed by atoms with Crippen molar-refractivity contribution in [2.75, 3.05) is 19.7 Å². The smallest absolute Gasteiger partial charge is 0.260 e. The third-order valence-corrected chi connectivity index (χ3v) is 5.08. The highest BCUT2D eigenvalue weighted by atomic mass is 16.5. The van der Waals surface area contributed by atoms with Crippen molar-refractivity contribution in [2.45, 2.75) is 40.2 Å². The largest absolute Gasteiger partial charge is 0.484 e. The minimum Gasteiger partial charge on any atom is -0.484 e. The van der Waals surface area contributed by atoms with Crippen molar-refractivity contribution in [3.63, 3.8) is 0 Å². The number of amides is 1. The van der Waals surface area contributed by atoms with E-state index in [0.717, 1.165) is 16.8 Å². The number of nitrogens with zero attached hydrogens (tertiary/aromatic N) is 2.